The Bertz CT molecular complexity index is 371. The number of aliphatic hydroxyl groups is 1. The maximum Gasteiger partial charge on any atom is 0.326 e. The molecule has 0 radical (unpaired) electrons. The molecule has 3 N–H and O–H groups in total. The van der Waals surface area contributed by atoms with Crippen LogP contribution in [0.2, 0.25) is 0 Å². The highest BCUT2D eigenvalue weighted by atomic mass is 16.4. The molecule has 1 aliphatic rings. The molecule has 1 fully saturated rings. The van der Waals surface area contributed by atoms with Gasteiger partial charge in [0.05, 0.1) is 5.60 Å². The maximum atomic E-state index is 12.1. The SMILES string of the molecule is CC(C)[C@@H](NC(=O)N1CCN(CC(C)(C)O)CC1)C(=O)O. The highest BCUT2D eigenvalue weighted by Crippen LogP contribution is 2.09. The average molecular weight is 301 g/mol. The standard InChI is InChI=1S/C14H27N3O4/c1-10(2)11(12(18)19)15-13(20)17-7-5-16(6-8-17)9-14(3,4)21/h10-11,21H,5-9H2,1-4H3,(H,15,20)(H,18,19)/t11-/m1/s1. The Labute approximate surface area is 125 Å². The van der Waals surface area contributed by atoms with E-state index in [0.29, 0.717) is 32.7 Å². The van der Waals surface area contributed by atoms with Gasteiger partial charge in [0, 0.05) is 32.7 Å². The number of nitrogens with one attached hydrogen (secondary N) is 1. The van der Waals surface area contributed by atoms with E-state index < -0.39 is 17.6 Å². The first-order valence-electron chi connectivity index (χ1n) is 7.33. The quantitative estimate of drug-likeness (QED) is 0.674. The minimum atomic E-state index is -1.01. The van der Waals surface area contributed by atoms with Crippen LogP contribution in [0, 0.1) is 5.92 Å². The van der Waals surface area contributed by atoms with Gasteiger partial charge in [0.25, 0.3) is 0 Å². The van der Waals surface area contributed by atoms with E-state index in [2.05, 4.69) is 10.2 Å². The molecule has 1 heterocycles. The Morgan fingerprint density at radius 3 is 2.10 bits per heavy atom. The molecule has 0 aromatic rings. The van der Waals surface area contributed by atoms with E-state index in [1.165, 1.54) is 0 Å². The van der Waals surface area contributed by atoms with Crippen molar-refractivity contribution in [2.45, 2.75) is 39.3 Å². The van der Waals surface area contributed by atoms with Crippen LogP contribution in [-0.2, 0) is 4.79 Å². The van der Waals surface area contributed by atoms with E-state index in [4.69, 9.17) is 5.11 Å². The Hall–Kier alpha value is -1.34. The molecule has 21 heavy (non-hydrogen) atoms. The molecule has 7 heteroatoms. The molecule has 0 unspecified atom stereocenters. The van der Waals surface area contributed by atoms with Gasteiger partial charge in [-0.1, -0.05) is 13.8 Å². The van der Waals surface area contributed by atoms with E-state index >= 15 is 0 Å². The second-order valence-corrected chi connectivity index (χ2v) is 6.59. The molecular formula is C14H27N3O4. The lowest BCUT2D eigenvalue weighted by atomic mass is 10.1. The number of hydrogen-bond acceptors (Lipinski definition) is 4. The molecule has 122 valence electrons. The summed E-state index contributed by atoms with van der Waals surface area (Å²) in [5.41, 5.74) is -0.753. The smallest absolute Gasteiger partial charge is 0.326 e. The number of aliphatic carboxylic acids is 1. The van der Waals surface area contributed by atoms with Crippen molar-refractivity contribution >= 4 is 12.0 Å². The van der Waals surface area contributed by atoms with Gasteiger partial charge in [-0.05, 0) is 19.8 Å². The monoisotopic (exact) mass is 301 g/mol. The summed E-state index contributed by atoms with van der Waals surface area (Å²) < 4.78 is 0. The van der Waals surface area contributed by atoms with Crippen LogP contribution in [0.15, 0.2) is 0 Å². The molecule has 0 aromatic heterocycles. The first kappa shape index (κ1) is 17.7. The Kier molecular flexibility index (Phi) is 5.98. The zero-order chi connectivity index (χ0) is 16.2. The van der Waals surface area contributed by atoms with Crippen molar-refractivity contribution in [3.05, 3.63) is 0 Å². The number of carbonyl (C=O) groups is 2. The molecule has 2 amide bonds. The van der Waals surface area contributed by atoms with Crippen LogP contribution in [0.1, 0.15) is 27.7 Å². The van der Waals surface area contributed by atoms with Gasteiger partial charge < -0.3 is 20.4 Å². The first-order valence-corrected chi connectivity index (χ1v) is 7.33. The van der Waals surface area contributed by atoms with Crippen molar-refractivity contribution in [3.8, 4) is 0 Å². The summed E-state index contributed by atoms with van der Waals surface area (Å²) in [4.78, 5) is 26.9. The third-order valence-electron chi connectivity index (χ3n) is 3.48. The van der Waals surface area contributed by atoms with Crippen LogP contribution in [0.5, 0.6) is 0 Å². The lowest BCUT2D eigenvalue weighted by Gasteiger charge is -2.37. The zero-order valence-electron chi connectivity index (χ0n) is 13.3. The summed E-state index contributed by atoms with van der Waals surface area (Å²) in [5, 5.41) is 21.4. The Balaban J connectivity index is 2.46. The molecular weight excluding hydrogens is 274 g/mol. The van der Waals surface area contributed by atoms with Crippen LogP contribution in [-0.4, -0.2) is 76.4 Å². The van der Waals surface area contributed by atoms with Gasteiger partial charge in [-0.3, -0.25) is 4.90 Å². The van der Waals surface area contributed by atoms with Crippen LogP contribution in [0.4, 0.5) is 4.79 Å². The molecule has 0 spiro atoms. The van der Waals surface area contributed by atoms with Crippen LogP contribution in [0.25, 0.3) is 0 Å². The topological polar surface area (TPSA) is 93.1 Å². The Morgan fingerprint density at radius 2 is 1.71 bits per heavy atom. The van der Waals surface area contributed by atoms with Gasteiger partial charge >= 0.3 is 12.0 Å². The van der Waals surface area contributed by atoms with Gasteiger partial charge in [0.2, 0.25) is 0 Å². The normalized spacial score (nSPS) is 18.7. The summed E-state index contributed by atoms with van der Waals surface area (Å²) in [7, 11) is 0. The zero-order valence-corrected chi connectivity index (χ0v) is 13.3. The minimum Gasteiger partial charge on any atom is -0.480 e. The average Bonchev–Trinajstić information content (AvgIpc) is 2.33. The van der Waals surface area contributed by atoms with Crippen LogP contribution < -0.4 is 5.32 Å². The number of piperazine rings is 1. The van der Waals surface area contributed by atoms with Crippen LogP contribution in [0.3, 0.4) is 0 Å². The van der Waals surface area contributed by atoms with E-state index in [1.54, 1.807) is 32.6 Å². The molecule has 0 saturated carbocycles. The second-order valence-electron chi connectivity index (χ2n) is 6.59. The number of carbonyl (C=O) groups excluding carboxylic acids is 1. The molecule has 1 aliphatic heterocycles. The van der Waals surface area contributed by atoms with E-state index in [-0.39, 0.29) is 11.9 Å². The lowest BCUT2D eigenvalue weighted by molar-refractivity contribution is -0.140. The predicted octanol–water partition coefficient (Wildman–Crippen LogP) is 0.194. The summed E-state index contributed by atoms with van der Waals surface area (Å²) in [6.07, 6.45) is 0. The van der Waals surface area contributed by atoms with Crippen molar-refractivity contribution < 1.29 is 19.8 Å². The molecule has 0 aliphatic carbocycles. The summed E-state index contributed by atoms with van der Waals surface area (Å²) in [6, 6.07) is -1.20. The fourth-order valence-electron chi connectivity index (χ4n) is 2.39. The number of β-amino-alcohol motifs (C(OH)–C–C–N with tert-alkyl or cyclic N) is 1. The third kappa shape index (κ3) is 5.89. The predicted molar refractivity (Wildman–Crippen MR) is 79.1 cm³/mol. The summed E-state index contributed by atoms with van der Waals surface area (Å²) >= 11 is 0. The number of nitrogens with zero attached hydrogens (tertiary/aromatic N) is 2. The molecule has 0 bridgehead atoms. The number of hydrogen-bond donors (Lipinski definition) is 3. The van der Waals surface area contributed by atoms with Crippen molar-refractivity contribution in [2.24, 2.45) is 5.92 Å². The van der Waals surface area contributed by atoms with Gasteiger partial charge in [0.1, 0.15) is 6.04 Å². The molecule has 1 saturated heterocycles. The van der Waals surface area contributed by atoms with E-state index in [9.17, 15) is 14.7 Å². The van der Waals surface area contributed by atoms with Gasteiger partial charge in [-0.25, -0.2) is 9.59 Å². The summed E-state index contributed by atoms with van der Waals surface area (Å²) in [5.74, 6) is -1.18. The largest absolute Gasteiger partial charge is 0.480 e. The Morgan fingerprint density at radius 1 is 1.19 bits per heavy atom. The second kappa shape index (κ2) is 7.09. The number of amides is 2. The molecule has 1 atom stereocenters. The number of carboxylic acids is 1. The number of carboxylic acid groups (broad SMARTS) is 1. The van der Waals surface area contributed by atoms with Gasteiger partial charge in [-0.15, -0.1) is 0 Å². The third-order valence-corrected chi connectivity index (χ3v) is 3.48. The van der Waals surface area contributed by atoms with Gasteiger partial charge in [-0.2, -0.15) is 0 Å². The first-order chi connectivity index (χ1) is 9.60. The number of urea groups is 1. The summed E-state index contributed by atoms with van der Waals surface area (Å²) in [6.45, 7) is 10.0. The molecule has 0 aromatic carbocycles. The molecule has 1 rings (SSSR count). The highest BCUT2D eigenvalue weighted by Gasteiger charge is 2.28. The highest BCUT2D eigenvalue weighted by molar-refractivity contribution is 5.82. The van der Waals surface area contributed by atoms with E-state index in [1.807, 2.05) is 0 Å². The van der Waals surface area contributed by atoms with E-state index in [0.717, 1.165) is 0 Å². The fraction of sp³-hybridized carbons (Fsp3) is 0.857. The van der Waals surface area contributed by atoms with Crippen molar-refractivity contribution in [1.82, 2.24) is 15.1 Å². The maximum absolute atomic E-state index is 12.1. The van der Waals surface area contributed by atoms with Crippen molar-refractivity contribution in [2.75, 3.05) is 32.7 Å². The van der Waals surface area contributed by atoms with Crippen molar-refractivity contribution in [3.63, 3.8) is 0 Å². The fourth-order valence-corrected chi connectivity index (χ4v) is 2.39. The molecule has 7 nitrogen and oxygen atoms in total. The van der Waals surface area contributed by atoms with Gasteiger partial charge in [0.15, 0.2) is 0 Å². The number of rotatable bonds is 5. The minimum absolute atomic E-state index is 0.164. The van der Waals surface area contributed by atoms with Crippen molar-refractivity contribution in [1.29, 1.82) is 0 Å². The van der Waals surface area contributed by atoms with Crippen LogP contribution >= 0.6 is 0 Å². The lowest BCUT2D eigenvalue weighted by Crippen LogP contribution is -2.56.